The van der Waals surface area contributed by atoms with Crippen molar-refractivity contribution in [3.05, 3.63) is 109 Å². The molecule has 2 amide bonds. The number of aryl methyl sites for hydroxylation is 1. The van der Waals surface area contributed by atoms with Crippen molar-refractivity contribution in [2.75, 3.05) is 5.32 Å². The van der Waals surface area contributed by atoms with Crippen LogP contribution in [-0.2, 0) is 0 Å². The molecule has 0 aliphatic carbocycles. The van der Waals surface area contributed by atoms with Crippen molar-refractivity contribution in [2.24, 2.45) is 5.84 Å². The quantitative estimate of drug-likeness (QED) is 0.201. The minimum Gasteiger partial charge on any atom is -0.457 e. The highest BCUT2D eigenvalue weighted by Gasteiger charge is 2.23. The molecule has 2 heterocycles. The number of aromatic nitrogens is 3. The van der Waals surface area contributed by atoms with E-state index in [4.69, 9.17) is 10.6 Å². The van der Waals surface area contributed by atoms with E-state index in [9.17, 15) is 9.59 Å². The third-order valence-corrected chi connectivity index (χ3v) is 5.51. The fraction of sp³-hybridized carbons (Fsp3) is 0.0370. The highest BCUT2D eigenvalue weighted by atomic mass is 16.5. The average Bonchev–Trinajstić information content (AvgIpc) is 3.35. The molecule has 5 aromatic rings. The van der Waals surface area contributed by atoms with E-state index >= 15 is 0 Å². The monoisotopic (exact) mass is 478 g/mol. The number of rotatable bonds is 5. The Morgan fingerprint density at radius 2 is 1.58 bits per heavy atom. The summed E-state index contributed by atoms with van der Waals surface area (Å²) in [5.41, 5.74) is 2.38. The molecule has 178 valence electrons. The number of benzene rings is 3. The van der Waals surface area contributed by atoms with Gasteiger partial charge in [0, 0.05) is 17.4 Å². The zero-order chi connectivity index (χ0) is 25.1. The highest BCUT2D eigenvalue weighted by Crippen LogP contribution is 2.27. The molecule has 0 aliphatic rings. The smallest absolute Gasteiger partial charge is 0.351 e. The van der Waals surface area contributed by atoms with Crippen LogP contribution in [0.2, 0.25) is 0 Å². The first kappa shape index (κ1) is 22.8. The zero-order valence-electron chi connectivity index (χ0n) is 19.3. The topological polar surface area (TPSA) is 115 Å². The third kappa shape index (κ3) is 4.63. The van der Waals surface area contributed by atoms with Gasteiger partial charge in [-0.1, -0.05) is 35.9 Å². The summed E-state index contributed by atoms with van der Waals surface area (Å²) >= 11 is 0. The first-order valence-electron chi connectivity index (χ1n) is 11.1. The van der Waals surface area contributed by atoms with Crippen molar-refractivity contribution in [1.82, 2.24) is 19.5 Å². The van der Waals surface area contributed by atoms with Crippen LogP contribution in [0.5, 0.6) is 11.5 Å². The van der Waals surface area contributed by atoms with Gasteiger partial charge < -0.3 is 10.1 Å². The van der Waals surface area contributed by atoms with E-state index in [1.807, 2.05) is 61.5 Å². The van der Waals surface area contributed by atoms with Crippen molar-refractivity contribution in [2.45, 2.75) is 6.92 Å². The summed E-state index contributed by atoms with van der Waals surface area (Å²) in [6, 6.07) is 24.7. The lowest BCUT2D eigenvalue weighted by molar-refractivity contribution is 0.0802. The number of carbonyl (C=O) groups excluding carboxylic acids is 2. The molecular weight excluding hydrogens is 456 g/mol. The predicted molar refractivity (Wildman–Crippen MR) is 136 cm³/mol. The maximum atomic E-state index is 13.0. The van der Waals surface area contributed by atoms with E-state index in [0.29, 0.717) is 33.2 Å². The van der Waals surface area contributed by atoms with Crippen molar-refractivity contribution in [3.8, 4) is 11.5 Å². The van der Waals surface area contributed by atoms with E-state index in [1.165, 1.54) is 17.1 Å². The Hall–Kier alpha value is -5.02. The van der Waals surface area contributed by atoms with Crippen molar-refractivity contribution >= 4 is 34.5 Å². The van der Waals surface area contributed by atoms with Crippen molar-refractivity contribution in [3.63, 3.8) is 0 Å². The summed E-state index contributed by atoms with van der Waals surface area (Å²) in [7, 11) is 0. The molecule has 9 heteroatoms. The number of nitrogens with one attached hydrogen (secondary N) is 1. The Kier molecular flexibility index (Phi) is 6.12. The van der Waals surface area contributed by atoms with Gasteiger partial charge in [-0.15, -0.1) is 0 Å². The van der Waals surface area contributed by atoms with Crippen LogP contribution in [0, 0.1) is 6.92 Å². The normalized spacial score (nSPS) is 10.7. The number of hydrogen-bond donors (Lipinski definition) is 2. The number of nitrogens with zero attached hydrogens (tertiary/aromatic N) is 4. The molecule has 9 nitrogen and oxygen atoms in total. The number of anilines is 2. The lowest BCUT2D eigenvalue weighted by Crippen LogP contribution is -2.44. The molecular formula is C27H22N6O3. The standard InChI is InChI=1S/C27H22N6O3/c1-18-7-9-19(10-8-18)26(34)33(28)27(35)32-16-15-23-24(29-17-30-25(23)32)31-20-11-13-22(14-12-20)36-21-5-3-2-4-6-21/h2-17H,28H2,1H3,(H,29,30,31). The van der Waals surface area contributed by atoms with E-state index in [0.717, 1.165) is 17.0 Å². The molecule has 0 saturated carbocycles. The van der Waals surface area contributed by atoms with Gasteiger partial charge in [-0.3, -0.25) is 9.36 Å². The summed E-state index contributed by atoms with van der Waals surface area (Å²) in [6.07, 6.45) is 2.84. The molecule has 0 atom stereocenters. The Bertz CT molecular complexity index is 1530. The molecule has 0 bridgehead atoms. The Labute approximate surface area is 206 Å². The van der Waals surface area contributed by atoms with Gasteiger partial charge in [0.05, 0.1) is 5.39 Å². The molecule has 3 aromatic carbocycles. The number of carbonyl (C=O) groups is 2. The minimum atomic E-state index is -0.734. The van der Waals surface area contributed by atoms with Gasteiger partial charge in [0.25, 0.3) is 5.91 Å². The summed E-state index contributed by atoms with van der Waals surface area (Å²) in [6.45, 7) is 1.91. The molecule has 0 radical (unpaired) electrons. The molecule has 0 fully saturated rings. The van der Waals surface area contributed by atoms with Crippen LogP contribution in [-0.4, -0.2) is 31.5 Å². The lowest BCUT2D eigenvalue weighted by Gasteiger charge is -2.15. The number of ether oxygens (including phenoxy) is 1. The molecule has 0 unspecified atom stereocenters. The van der Waals surface area contributed by atoms with Gasteiger partial charge in [-0.25, -0.2) is 20.6 Å². The van der Waals surface area contributed by atoms with Crippen molar-refractivity contribution < 1.29 is 14.3 Å². The van der Waals surface area contributed by atoms with Gasteiger partial charge >= 0.3 is 6.03 Å². The minimum absolute atomic E-state index is 0.310. The highest BCUT2D eigenvalue weighted by molar-refractivity contribution is 6.06. The van der Waals surface area contributed by atoms with Crippen LogP contribution in [0.25, 0.3) is 11.0 Å². The molecule has 3 N–H and O–H groups in total. The van der Waals surface area contributed by atoms with Gasteiger partial charge in [0.1, 0.15) is 23.6 Å². The van der Waals surface area contributed by atoms with Gasteiger partial charge in [0.15, 0.2) is 5.65 Å². The summed E-state index contributed by atoms with van der Waals surface area (Å²) < 4.78 is 7.04. The summed E-state index contributed by atoms with van der Waals surface area (Å²) in [5, 5.41) is 4.39. The second-order valence-electron chi connectivity index (χ2n) is 8.03. The Morgan fingerprint density at radius 1 is 0.889 bits per heavy atom. The molecule has 0 aliphatic heterocycles. The number of para-hydroxylation sites is 1. The maximum Gasteiger partial charge on any atom is 0.351 e. The second kappa shape index (κ2) is 9.69. The number of hydrazine groups is 1. The van der Waals surface area contributed by atoms with Crippen LogP contribution in [0.15, 0.2) is 97.5 Å². The number of hydrogen-bond acceptors (Lipinski definition) is 7. The first-order chi connectivity index (χ1) is 17.5. The van der Waals surface area contributed by atoms with Gasteiger partial charge in [0.2, 0.25) is 0 Å². The summed E-state index contributed by atoms with van der Waals surface area (Å²) in [4.78, 5) is 34.2. The largest absolute Gasteiger partial charge is 0.457 e. The van der Waals surface area contributed by atoms with E-state index in [-0.39, 0.29) is 0 Å². The number of amides is 2. The zero-order valence-corrected chi connectivity index (χ0v) is 19.3. The second-order valence-corrected chi connectivity index (χ2v) is 8.03. The number of imide groups is 1. The fourth-order valence-electron chi connectivity index (χ4n) is 3.61. The lowest BCUT2D eigenvalue weighted by atomic mass is 10.1. The van der Waals surface area contributed by atoms with Crippen LogP contribution in [0.3, 0.4) is 0 Å². The summed E-state index contributed by atoms with van der Waals surface area (Å²) in [5.74, 6) is 7.20. The molecule has 0 spiro atoms. The van der Waals surface area contributed by atoms with Crippen LogP contribution < -0.4 is 15.9 Å². The molecule has 2 aromatic heterocycles. The van der Waals surface area contributed by atoms with Crippen LogP contribution >= 0.6 is 0 Å². The van der Waals surface area contributed by atoms with Crippen molar-refractivity contribution in [1.29, 1.82) is 0 Å². The van der Waals surface area contributed by atoms with Gasteiger partial charge in [-0.05, 0) is 61.5 Å². The molecule has 0 saturated heterocycles. The van der Waals surface area contributed by atoms with E-state index < -0.39 is 11.9 Å². The maximum absolute atomic E-state index is 13.0. The molecule has 5 rings (SSSR count). The SMILES string of the molecule is Cc1ccc(C(=O)N(N)C(=O)n2ccc3c(Nc4ccc(Oc5ccccc5)cc4)ncnc32)cc1. The Morgan fingerprint density at radius 3 is 2.31 bits per heavy atom. The average molecular weight is 479 g/mol. The van der Waals surface area contributed by atoms with E-state index in [2.05, 4.69) is 15.3 Å². The fourth-order valence-corrected chi connectivity index (χ4v) is 3.61. The molecule has 36 heavy (non-hydrogen) atoms. The number of fused-ring (bicyclic) bond motifs is 1. The number of nitrogens with two attached hydrogens (primary N) is 1. The predicted octanol–water partition coefficient (Wildman–Crippen LogP) is 5.26. The van der Waals surface area contributed by atoms with Crippen LogP contribution in [0.1, 0.15) is 15.9 Å². The first-order valence-corrected chi connectivity index (χ1v) is 11.1. The van der Waals surface area contributed by atoms with Gasteiger partial charge in [-0.2, -0.15) is 5.01 Å². The third-order valence-electron chi connectivity index (χ3n) is 5.51. The van der Waals surface area contributed by atoms with E-state index in [1.54, 1.807) is 30.3 Å². The Balaban J connectivity index is 1.34. The van der Waals surface area contributed by atoms with Crippen LogP contribution in [0.4, 0.5) is 16.3 Å².